The summed E-state index contributed by atoms with van der Waals surface area (Å²) in [5.74, 6) is -0.0516. The van der Waals surface area contributed by atoms with Gasteiger partial charge in [-0.2, -0.15) is 13.2 Å². The van der Waals surface area contributed by atoms with Crippen LogP contribution in [0.2, 0.25) is 0 Å². The van der Waals surface area contributed by atoms with E-state index in [1.165, 1.54) is 24.3 Å². The third-order valence-electron chi connectivity index (χ3n) is 1.33. The fourth-order valence-corrected chi connectivity index (χ4v) is 0.819. The Morgan fingerprint density at radius 2 is 1.92 bits per heavy atom. The fourth-order valence-electron chi connectivity index (χ4n) is 0.819. The van der Waals surface area contributed by atoms with Gasteiger partial charge in [-0.3, -0.25) is 0 Å². The maximum atomic E-state index is 11.7. The standard InChI is InChI=1S/C9H7F3O/c10-9(11,12)5-4-7-2-1-3-8(13)6-7/h1-6,13H/b5-4+. The molecule has 0 bridgehead atoms. The van der Waals surface area contributed by atoms with E-state index < -0.39 is 6.18 Å². The minimum atomic E-state index is -4.31. The monoisotopic (exact) mass is 188 g/mol. The van der Waals surface area contributed by atoms with E-state index >= 15 is 0 Å². The highest BCUT2D eigenvalue weighted by atomic mass is 19.4. The summed E-state index contributed by atoms with van der Waals surface area (Å²) in [5.41, 5.74) is 0.317. The zero-order valence-electron chi connectivity index (χ0n) is 6.55. The van der Waals surface area contributed by atoms with E-state index in [9.17, 15) is 13.2 Å². The minimum Gasteiger partial charge on any atom is -0.508 e. The molecule has 0 fully saturated rings. The van der Waals surface area contributed by atoms with Crippen molar-refractivity contribution < 1.29 is 18.3 Å². The van der Waals surface area contributed by atoms with Crippen molar-refractivity contribution in [3.8, 4) is 5.75 Å². The van der Waals surface area contributed by atoms with E-state index in [1.807, 2.05) is 0 Å². The van der Waals surface area contributed by atoms with Crippen LogP contribution >= 0.6 is 0 Å². The topological polar surface area (TPSA) is 20.2 Å². The van der Waals surface area contributed by atoms with E-state index in [0.717, 1.165) is 6.08 Å². The average Bonchev–Trinajstić information content (AvgIpc) is 2.00. The molecular weight excluding hydrogens is 181 g/mol. The van der Waals surface area contributed by atoms with Gasteiger partial charge in [0.25, 0.3) is 0 Å². The third kappa shape index (κ3) is 3.64. The number of alkyl halides is 3. The van der Waals surface area contributed by atoms with E-state index in [4.69, 9.17) is 5.11 Å². The van der Waals surface area contributed by atoms with Crippen LogP contribution in [0, 0.1) is 0 Å². The average molecular weight is 188 g/mol. The van der Waals surface area contributed by atoms with Crippen LogP contribution in [0.25, 0.3) is 6.08 Å². The van der Waals surface area contributed by atoms with Crippen LogP contribution < -0.4 is 0 Å². The number of hydrogen-bond donors (Lipinski definition) is 1. The first kappa shape index (κ1) is 9.64. The first-order chi connectivity index (χ1) is 5.97. The summed E-state index contributed by atoms with van der Waals surface area (Å²) in [6.45, 7) is 0. The molecule has 0 aliphatic carbocycles. The first-order valence-corrected chi connectivity index (χ1v) is 3.52. The second-order valence-corrected chi connectivity index (χ2v) is 2.47. The highest BCUT2D eigenvalue weighted by Crippen LogP contribution is 2.19. The van der Waals surface area contributed by atoms with Crippen LogP contribution in [0.3, 0.4) is 0 Å². The van der Waals surface area contributed by atoms with Gasteiger partial charge < -0.3 is 5.11 Å². The van der Waals surface area contributed by atoms with Crippen LogP contribution in [0.1, 0.15) is 5.56 Å². The molecule has 0 saturated heterocycles. The second kappa shape index (κ2) is 3.51. The molecule has 1 nitrogen and oxygen atoms in total. The number of hydrogen-bond acceptors (Lipinski definition) is 1. The Morgan fingerprint density at radius 3 is 2.46 bits per heavy atom. The molecule has 1 N–H and O–H groups in total. The van der Waals surface area contributed by atoms with Crippen molar-refractivity contribution in [2.45, 2.75) is 6.18 Å². The lowest BCUT2D eigenvalue weighted by Gasteiger charge is -1.98. The lowest BCUT2D eigenvalue weighted by Crippen LogP contribution is -1.99. The highest BCUT2D eigenvalue weighted by Gasteiger charge is 2.21. The van der Waals surface area contributed by atoms with Crippen molar-refractivity contribution in [2.75, 3.05) is 0 Å². The van der Waals surface area contributed by atoms with Crippen LogP contribution in [0.5, 0.6) is 5.75 Å². The maximum Gasteiger partial charge on any atom is 0.409 e. The van der Waals surface area contributed by atoms with Gasteiger partial charge in [0.05, 0.1) is 0 Å². The predicted molar refractivity (Wildman–Crippen MR) is 43.2 cm³/mol. The molecule has 0 saturated carbocycles. The smallest absolute Gasteiger partial charge is 0.409 e. The molecule has 0 atom stereocenters. The lowest BCUT2D eigenvalue weighted by molar-refractivity contribution is -0.0790. The van der Waals surface area contributed by atoms with Crippen LogP contribution in [0.15, 0.2) is 30.3 Å². The molecule has 4 heteroatoms. The van der Waals surface area contributed by atoms with Crippen molar-refractivity contribution >= 4 is 6.08 Å². The highest BCUT2D eigenvalue weighted by molar-refractivity contribution is 5.51. The van der Waals surface area contributed by atoms with E-state index in [1.54, 1.807) is 0 Å². The quantitative estimate of drug-likeness (QED) is 0.718. The molecule has 0 heterocycles. The van der Waals surface area contributed by atoms with Crippen LogP contribution in [-0.2, 0) is 0 Å². The number of aromatic hydroxyl groups is 1. The normalized spacial score (nSPS) is 12.2. The van der Waals surface area contributed by atoms with Gasteiger partial charge in [-0.05, 0) is 23.8 Å². The number of rotatable bonds is 1. The summed E-state index contributed by atoms with van der Waals surface area (Å²) < 4.78 is 35.1. The zero-order valence-corrected chi connectivity index (χ0v) is 6.55. The minimum absolute atomic E-state index is 0.0516. The molecule has 1 aromatic carbocycles. The predicted octanol–water partition coefficient (Wildman–Crippen LogP) is 2.97. The molecule has 13 heavy (non-hydrogen) atoms. The molecule has 1 aromatic rings. The molecule has 0 unspecified atom stereocenters. The molecule has 1 rings (SSSR count). The van der Waals surface area contributed by atoms with Gasteiger partial charge in [0, 0.05) is 6.08 Å². The van der Waals surface area contributed by atoms with Gasteiger partial charge in [0.15, 0.2) is 0 Å². The molecule has 0 radical (unpaired) electrons. The molecule has 70 valence electrons. The third-order valence-corrected chi connectivity index (χ3v) is 1.33. The number of allylic oxidation sites excluding steroid dienone is 1. The summed E-state index contributed by atoms with van der Waals surface area (Å²) in [4.78, 5) is 0. The van der Waals surface area contributed by atoms with Crippen LogP contribution in [0.4, 0.5) is 13.2 Å². The Bertz CT molecular complexity index is 315. The second-order valence-electron chi connectivity index (χ2n) is 2.47. The Kier molecular flexibility index (Phi) is 2.60. The lowest BCUT2D eigenvalue weighted by atomic mass is 10.2. The Labute approximate surface area is 73.1 Å². The van der Waals surface area contributed by atoms with E-state index in [2.05, 4.69) is 0 Å². The molecule has 0 aliphatic heterocycles. The van der Waals surface area contributed by atoms with Crippen molar-refractivity contribution in [3.63, 3.8) is 0 Å². The number of phenolic OH excluding ortho intramolecular Hbond substituents is 1. The van der Waals surface area contributed by atoms with Gasteiger partial charge >= 0.3 is 6.18 Å². The van der Waals surface area contributed by atoms with Crippen molar-refractivity contribution in [1.82, 2.24) is 0 Å². The summed E-state index contributed by atoms with van der Waals surface area (Å²) in [6, 6.07) is 5.60. The molecular formula is C9H7F3O. The Morgan fingerprint density at radius 1 is 1.23 bits per heavy atom. The van der Waals surface area contributed by atoms with Crippen molar-refractivity contribution in [1.29, 1.82) is 0 Å². The summed E-state index contributed by atoms with van der Waals surface area (Å²) >= 11 is 0. The van der Waals surface area contributed by atoms with E-state index in [0.29, 0.717) is 5.56 Å². The zero-order chi connectivity index (χ0) is 9.90. The van der Waals surface area contributed by atoms with Crippen molar-refractivity contribution in [2.24, 2.45) is 0 Å². The van der Waals surface area contributed by atoms with Gasteiger partial charge in [-0.25, -0.2) is 0 Å². The SMILES string of the molecule is Oc1cccc(/C=C/C(F)(F)F)c1. The van der Waals surface area contributed by atoms with Crippen molar-refractivity contribution in [3.05, 3.63) is 35.9 Å². The summed E-state index contributed by atoms with van der Waals surface area (Å²) in [6.07, 6.45) is -3.28. The molecule has 0 aromatic heterocycles. The largest absolute Gasteiger partial charge is 0.508 e. The number of phenols is 1. The number of benzene rings is 1. The van der Waals surface area contributed by atoms with Gasteiger partial charge in [-0.15, -0.1) is 0 Å². The molecule has 0 spiro atoms. The number of halogens is 3. The molecule has 0 amide bonds. The Balaban J connectivity index is 2.80. The fraction of sp³-hybridized carbons (Fsp3) is 0.111. The van der Waals surface area contributed by atoms with Gasteiger partial charge in [0.1, 0.15) is 5.75 Å². The molecule has 0 aliphatic rings. The summed E-state index contributed by atoms with van der Waals surface area (Å²) in [7, 11) is 0. The van der Waals surface area contributed by atoms with E-state index in [-0.39, 0.29) is 11.8 Å². The summed E-state index contributed by atoms with van der Waals surface area (Å²) in [5, 5.41) is 8.93. The van der Waals surface area contributed by atoms with Gasteiger partial charge in [-0.1, -0.05) is 12.1 Å². The van der Waals surface area contributed by atoms with Gasteiger partial charge in [0.2, 0.25) is 0 Å². The maximum absolute atomic E-state index is 11.7. The Hall–Kier alpha value is -1.45. The van der Waals surface area contributed by atoms with Crippen LogP contribution in [-0.4, -0.2) is 11.3 Å². The first-order valence-electron chi connectivity index (χ1n) is 3.52.